The molecule has 2 aliphatic heterocycles. The third-order valence-corrected chi connectivity index (χ3v) is 4.96. The third kappa shape index (κ3) is 1.81. The Balaban J connectivity index is 2.00. The highest BCUT2D eigenvalue weighted by molar-refractivity contribution is 6.18. The Morgan fingerprint density at radius 2 is 1.80 bits per heavy atom. The lowest BCUT2D eigenvalue weighted by molar-refractivity contribution is -0.682. The number of hydrogen-bond donors (Lipinski definition) is 1. The minimum atomic E-state index is -0.673. The molecule has 4 rings (SSSR count). The van der Waals surface area contributed by atoms with E-state index >= 15 is 0 Å². The summed E-state index contributed by atoms with van der Waals surface area (Å²) in [6.07, 6.45) is 0. The number of para-hydroxylation sites is 2. The number of aromatic hydroxyl groups is 1. The zero-order valence-electron chi connectivity index (χ0n) is 14.4. The average molecular weight is 340 g/mol. The summed E-state index contributed by atoms with van der Waals surface area (Å²) in [5.41, 5.74) is 2.30. The number of urea groups is 1. The molecule has 0 spiro atoms. The number of hydrogen-bond acceptors (Lipinski definition) is 4. The molecule has 1 saturated heterocycles. The van der Waals surface area contributed by atoms with Gasteiger partial charge in [-0.05, 0) is 26.0 Å². The second-order valence-electron chi connectivity index (χ2n) is 6.28. The van der Waals surface area contributed by atoms with Gasteiger partial charge in [0.05, 0.1) is 0 Å². The van der Waals surface area contributed by atoms with Crippen molar-refractivity contribution in [2.75, 3.05) is 14.1 Å². The molecule has 2 aliphatic rings. The molecule has 3 amide bonds. The molecule has 2 aromatic rings. The van der Waals surface area contributed by atoms with Crippen molar-refractivity contribution >= 4 is 23.7 Å². The lowest BCUT2D eigenvalue weighted by atomic mass is 10.1. The van der Waals surface area contributed by atoms with E-state index in [1.54, 1.807) is 25.2 Å². The number of aliphatic imine (C=N–C) groups is 1. The van der Waals surface area contributed by atoms with Crippen LogP contribution in [0.25, 0.3) is 5.69 Å². The lowest BCUT2D eigenvalue weighted by Gasteiger charge is -2.30. The largest absolute Gasteiger partial charge is 0.504 e. The number of nitrogens with zero attached hydrogens (tertiary/aromatic N) is 5. The summed E-state index contributed by atoms with van der Waals surface area (Å²) in [6.45, 7) is 3.81. The molecule has 0 radical (unpaired) electrons. The third-order valence-electron chi connectivity index (χ3n) is 4.96. The number of phenolic OH excluding ortho intramolecular Hbond substituents is 1. The minimum absolute atomic E-state index is 0.118. The predicted molar refractivity (Wildman–Crippen MR) is 89.2 cm³/mol. The monoisotopic (exact) mass is 340 g/mol. The second-order valence-corrected chi connectivity index (χ2v) is 6.28. The van der Waals surface area contributed by atoms with Crippen LogP contribution < -0.4 is 4.57 Å². The van der Waals surface area contributed by atoms with E-state index in [1.807, 2.05) is 29.0 Å². The fraction of sp³-hybridized carbons (Fsp3) is 0.294. The van der Waals surface area contributed by atoms with Crippen molar-refractivity contribution in [2.24, 2.45) is 4.99 Å². The quantitative estimate of drug-likeness (QED) is 0.792. The first-order valence-corrected chi connectivity index (χ1v) is 7.90. The van der Waals surface area contributed by atoms with Crippen molar-refractivity contribution in [3.8, 4) is 11.4 Å². The van der Waals surface area contributed by atoms with Gasteiger partial charge in [-0.3, -0.25) is 14.6 Å². The van der Waals surface area contributed by atoms with Crippen LogP contribution in [0.1, 0.15) is 17.4 Å². The molecule has 8 nitrogen and oxygen atoms in total. The number of amides is 3. The lowest BCUT2D eigenvalue weighted by Crippen LogP contribution is -2.62. The highest BCUT2D eigenvalue weighted by Gasteiger charge is 2.53. The number of rotatable bonds is 1. The molecule has 1 aromatic heterocycles. The van der Waals surface area contributed by atoms with Crippen LogP contribution in [0.3, 0.4) is 0 Å². The van der Waals surface area contributed by atoms with Crippen LogP contribution in [0.5, 0.6) is 5.75 Å². The van der Waals surface area contributed by atoms with Crippen molar-refractivity contribution in [3.63, 3.8) is 0 Å². The zero-order valence-corrected chi connectivity index (χ0v) is 14.4. The van der Waals surface area contributed by atoms with Crippen molar-refractivity contribution in [1.29, 1.82) is 0 Å². The van der Waals surface area contributed by atoms with Crippen molar-refractivity contribution in [2.45, 2.75) is 19.9 Å². The van der Waals surface area contributed by atoms with E-state index in [4.69, 9.17) is 0 Å². The Kier molecular flexibility index (Phi) is 3.02. The summed E-state index contributed by atoms with van der Waals surface area (Å²) < 4.78 is 3.63. The summed E-state index contributed by atoms with van der Waals surface area (Å²) in [4.78, 5) is 32.0. The van der Waals surface area contributed by atoms with Gasteiger partial charge in [-0.1, -0.05) is 17.1 Å². The zero-order chi connectivity index (χ0) is 18.0. The molecule has 1 unspecified atom stereocenters. The molecular formula is C17H18N5O3+. The molecule has 0 bridgehead atoms. The number of carbonyl (C=O) groups excluding carboxylic acids is 2. The fourth-order valence-electron chi connectivity index (χ4n) is 3.46. The number of amidine groups is 1. The van der Waals surface area contributed by atoms with E-state index in [2.05, 4.69) is 4.99 Å². The number of aromatic nitrogens is 2. The second kappa shape index (κ2) is 4.92. The molecule has 25 heavy (non-hydrogen) atoms. The maximum Gasteiger partial charge on any atom is 0.407 e. The van der Waals surface area contributed by atoms with E-state index in [-0.39, 0.29) is 11.7 Å². The summed E-state index contributed by atoms with van der Waals surface area (Å²) in [6, 6.07) is 5.88. The highest BCUT2D eigenvalue weighted by atomic mass is 16.3. The summed E-state index contributed by atoms with van der Waals surface area (Å²) in [7, 11) is 3.08. The van der Waals surface area contributed by atoms with Gasteiger partial charge in [0.25, 0.3) is 5.91 Å². The summed E-state index contributed by atoms with van der Waals surface area (Å²) in [5.74, 6) is 0.713. The maximum atomic E-state index is 12.7. The Morgan fingerprint density at radius 3 is 2.48 bits per heavy atom. The van der Waals surface area contributed by atoms with Crippen LogP contribution in [0.15, 0.2) is 29.3 Å². The molecule has 1 fully saturated rings. The molecule has 1 aromatic carbocycles. The first-order valence-electron chi connectivity index (χ1n) is 7.90. The summed E-state index contributed by atoms with van der Waals surface area (Å²) in [5, 5.41) is 10.3. The van der Waals surface area contributed by atoms with Crippen LogP contribution in [0.4, 0.5) is 10.7 Å². The number of benzene rings is 1. The first-order chi connectivity index (χ1) is 11.8. The van der Waals surface area contributed by atoms with E-state index in [9.17, 15) is 14.7 Å². The van der Waals surface area contributed by atoms with Gasteiger partial charge in [0.2, 0.25) is 11.9 Å². The molecule has 3 heterocycles. The molecule has 8 heteroatoms. The molecule has 1 N–H and O–H groups in total. The Hall–Kier alpha value is -3.16. The number of imide groups is 1. The van der Waals surface area contributed by atoms with Gasteiger partial charge in [-0.15, -0.1) is 0 Å². The first kappa shape index (κ1) is 15.4. The van der Waals surface area contributed by atoms with Crippen molar-refractivity contribution < 1.29 is 19.3 Å². The van der Waals surface area contributed by atoms with E-state index in [1.165, 1.54) is 11.9 Å². The number of fused-ring (bicyclic) bond motifs is 3. The van der Waals surface area contributed by atoms with Crippen LogP contribution in [0.2, 0.25) is 0 Å². The SMILES string of the molecule is Cc1c(C)[n+]2c(n1-c1ccccc1O)N=C1C2C(=O)N(C)C(=O)N1C. The average Bonchev–Trinajstić information content (AvgIpc) is 3.09. The van der Waals surface area contributed by atoms with Crippen LogP contribution in [0, 0.1) is 13.8 Å². The molecular weight excluding hydrogens is 322 g/mol. The molecule has 128 valence electrons. The van der Waals surface area contributed by atoms with Crippen molar-refractivity contribution in [3.05, 3.63) is 35.7 Å². The van der Waals surface area contributed by atoms with Gasteiger partial charge in [0.1, 0.15) is 17.1 Å². The van der Waals surface area contributed by atoms with Gasteiger partial charge in [0.15, 0.2) is 5.75 Å². The van der Waals surface area contributed by atoms with Crippen molar-refractivity contribution in [1.82, 2.24) is 14.4 Å². The van der Waals surface area contributed by atoms with Crippen LogP contribution in [-0.2, 0) is 4.79 Å². The molecule has 0 saturated carbocycles. The normalized spacial score (nSPS) is 19.2. The smallest absolute Gasteiger partial charge is 0.407 e. The summed E-state index contributed by atoms with van der Waals surface area (Å²) >= 11 is 0. The maximum absolute atomic E-state index is 12.7. The Bertz CT molecular complexity index is 975. The standard InChI is InChI=1S/C17H17N5O3/c1-9-10(2)22-13-14(19(3)17(25)20(4)15(13)24)18-16(22)21(9)11-7-5-6-8-12(11)23/h5-8,13H,1-4H3/p+1. The minimum Gasteiger partial charge on any atom is -0.504 e. The van der Waals surface area contributed by atoms with Crippen LogP contribution in [-0.4, -0.2) is 51.3 Å². The number of likely N-dealkylation sites (N-methyl/N-ethyl adjacent to an activating group) is 2. The van der Waals surface area contributed by atoms with Gasteiger partial charge in [-0.2, -0.15) is 4.57 Å². The Morgan fingerprint density at radius 1 is 1.12 bits per heavy atom. The molecule has 0 aliphatic carbocycles. The number of carbonyl (C=O) groups is 2. The molecule has 1 atom stereocenters. The van der Waals surface area contributed by atoms with E-state index < -0.39 is 12.1 Å². The highest BCUT2D eigenvalue weighted by Crippen LogP contribution is 2.34. The van der Waals surface area contributed by atoms with Gasteiger partial charge >= 0.3 is 12.0 Å². The number of phenols is 1. The predicted octanol–water partition coefficient (Wildman–Crippen LogP) is 1.20. The van der Waals surface area contributed by atoms with Crippen LogP contribution >= 0.6 is 0 Å². The van der Waals surface area contributed by atoms with Gasteiger partial charge in [-0.25, -0.2) is 9.36 Å². The number of imidazole rings is 1. The van der Waals surface area contributed by atoms with E-state index in [0.29, 0.717) is 17.5 Å². The Labute approximate surface area is 144 Å². The van der Waals surface area contributed by atoms with Gasteiger partial charge in [0, 0.05) is 14.1 Å². The van der Waals surface area contributed by atoms with Gasteiger partial charge < -0.3 is 5.11 Å². The topological polar surface area (TPSA) is 82.0 Å². The fourth-order valence-corrected chi connectivity index (χ4v) is 3.46. The van der Waals surface area contributed by atoms with E-state index in [0.717, 1.165) is 16.3 Å².